The number of benzene rings is 7. The van der Waals surface area contributed by atoms with E-state index in [0.29, 0.717) is 0 Å². The molecule has 0 N–H and O–H groups in total. The van der Waals surface area contributed by atoms with Crippen LogP contribution in [0.15, 0.2) is 182 Å². The van der Waals surface area contributed by atoms with Crippen LogP contribution >= 0.6 is 0 Å². The standard InChI is InChI=1S/C43H33N/c1-44(43-28-16-15-27-42(43)34-21-9-4-10-22-34)37-30-35(40-25-13-11-23-38(40)32-17-5-2-6-18-32)29-36(31-37)41-26-14-12-24-39(41)33-19-7-3-8-20-33/h2-31H,1H3. The largest absolute Gasteiger partial charge is 0.344 e. The van der Waals surface area contributed by atoms with Crippen molar-refractivity contribution < 1.29 is 0 Å². The molecule has 0 saturated carbocycles. The van der Waals surface area contributed by atoms with E-state index in [0.717, 1.165) is 11.4 Å². The number of rotatable bonds is 7. The van der Waals surface area contributed by atoms with Crippen LogP contribution in [0.25, 0.3) is 55.6 Å². The molecule has 0 aliphatic carbocycles. The molecule has 0 spiro atoms. The minimum atomic E-state index is 1.13. The fraction of sp³-hybridized carbons (Fsp3) is 0.0233. The molecule has 0 aliphatic rings. The van der Waals surface area contributed by atoms with Gasteiger partial charge in [-0.1, -0.05) is 158 Å². The van der Waals surface area contributed by atoms with Gasteiger partial charge in [0, 0.05) is 24.0 Å². The first-order valence-corrected chi connectivity index (χ1v) is 15.1. The molecule has 0 amide bonds. The lowest BCUT2D eigenvalue weighted by Crippen LogP contribution is -2.11. The lowest BCUT2D eigenvalue weighted by Gasteiger charge is -2.25. The number of anilines is 2. The van der Waals surface area contributed by atoms with Crippen molar-refractivity contribution in [3.05, 3.63) is 182 Å². The van der Waals surface area contributed by atoms with E-state index in [4.69, 9.17) is 0 Å². The summed E-state index contributed by atoms with van der Waals surface area (Å²) < 4.78 is 0. The van der Waals surface area contributed by atoms with E-state index in [1.54, 1.807) is 0 Å². The maximum atomic E-state index is 2.35. The fourth-order valence-corrected chi connectivity index (χ4v) is 6.09. The van der Waals surface area contributed by atoms with Crippen molar-refractivity contribution in [1.29, 1.82) is 0 Å². The summed E-state index contributed by atoms with van der Waals surface area (Å²) in [5, 5.41) is 0. The van der Waals surface area contributed by atoms with Crippen molar-refractivity contribution in [2.75, 3.05) is 11.9 Å². The lowest BCUT2D eigenvalue weighted by molar-refractivity contribution is 1.21. The third-order valence-electron chi connectivity index (χ3n) is 8.30. The minimum Gasteiger partial charge on any atom is -0.344 e. The molecule has 0 aliphatic heterocycles. The summed E-state index contributed by atoms with van der Waals surface area (Å²) in [6.45, 7) is 0. The Balaban J connectivity index is 1.45. The first kappa shape index (κ1) is 27.2. The van der Waals surface area contributed by atoms with E-state index >= 15 is 0 Å². The van der Waals surface area contributed by atoms with Crippen molar-refractivity contribution in [2.24, 2.45) is 0 Å². The highest BCUT2D eigenvalue weighted by Gasteiger charge is 2.17. The highest BCUT2D eigenvalue weighted by atomic mass is 15.1. The van der Waals surface area contributed by atoms with Gasteiger partial charge in [0.1, 0.15) is 0 Å². The molecule has 0 saturated heterocycles. The Labute approximate surface area is 260 Å². The number of hydrogen-bond acceptors (Lipinski definition) is 1. The SMILES string of the molecule is CN(c1cc(-c2ccccc2-c2ccccc2)cc(-c2ccccc2-c2ccccc2)c1)c1ccccc1-c1ccccc1. The van der Waals surface area contributed by atoms with Gasteiger partial charge >= 0.3 is 0 Å². The molecule has 0 unspecified atom stereocenters. The van der Waals surface area contributed by atoms with Gasteiger partial charge in [-0.05, 0) is 74.3 Å². The number of nitrogens with zero attached hydrogens (tertiary/aromatic N) is 1. The summed E-state index contributed by atoms with van der Waals surface area (Å²) >= 11 is 0. The van der Waals surface area contributed by atoms with Crippen LogP contribution in [0, 0.1) is 0 Å². The molecule has 210 valence electrons. The smallest absolute Gasteiger partial charge is 0.0487 e. The minimum absolute atomic E-state index is 1.13. The number of para-hydroxylation sites is 1. The van der Waals surface area contributed by atoms with Gasteiger partial charge in [-0.25, -0.2) is 0 Å². The molecule has 0 aromatic heterocycles. The molecule has 0 fully saturated rings. The van der Waals surface area contributed by atoms with Crippen molar-refractivity contribution in [2.45, 2.75) is 0 Å². The average Bonchev–Trinajstić information content (AvgIpc) is 3.12. The van der Waals surface area contributed by atoms with Crippen molar-refractivity contribution in [1.82, 2.24) is 0 Å². The Morgan fingerprint density at radius 3 is 1.05 bits per heavy atom. The van der Waals surface area contributed by atoms with E-state index in [1.807, 2.05) is 0 Å². The van der Waals surface area contributed by atoms with Gasteiger partial charge < -0.3 is 4.90 Å². The second-order valence-corrected chi connectivity index (χ2v) is 11.0. The van der Waals surface area contributed by atoms with Gasteiger partial charge in [-0.2, -0.15) is 0 Å². The fourth-order valence-electron chi connectivity index (χ4n) is 6.09. The summed E-state index contributed by atoms with van der Waals surface area (Å²) in [6.07, 6.45) is 0. The van der Waals surface area contributed by atoms with Gasteiger partial charge in [0.2, 0.25) is 0 Å². The molecule has 7 aromatic carbocycles. The Bertz CT molecular complexity index is 1910. The molecule has 44 heavy (non-hydrogen) atoms. The molecular formula is C43H33N. The van der Waals surface area contributed by atoms with E-state index in [2.05, 4.69) is 194 Å². The highest BCUT2D eigenvalue weighted by molar-refractivity contribution is 5.92. The first-order chi connectivity index (χ1) is 21.8. The Morgan fingerprint density at radius 2 is 0.614 bits per heavy atom. The summed E-state index contributed by atoms with van der Waals surface area (Å²) in [4.78, 5) is 2.32. The first-order valence-electron chi connectivity index (χ1n) is 15.1. The summed E-state index contributed by atoms with van der Waals surface area (Å²) in [5.41, 5.74) is 14.4. The van der Waals surface area contributed by atoms with Crippen molar-refractivity contribution >= 4 is 11.4 Å². The Kier molecular flexibility index (Phi) is 7.60. The lowest BCUT2D eigenvalue weighted by atomic mass is 9.89. The number of hydrogen-bond donors (Lipinski definition) is 0. The van der Waals surface area contributed by atoms with Gasteiger partial charge in [0.15, 0.2) is 0 Å². The summed E-state index contributed by atoms with van der Waals surface area (Å²) in [7, 11) is 2.18. The summed E-state index contributed by atoms with van der Waals surface area (Å²) in [5.74, 6) is 0. The molecule has 0 heterocycles. The normalized spacial score (nSPS) is 10.8. The predicted octanol–water partition coefficient (Wildman–Crippen LogP) is 11.8. The molecule has 0 bridgehead atoms. The van der Waals surface area contributed by atoms with Gasteiger partial charge in [-0.3, -0.25) is 0 Å². The van der Waals surface area contributed by atoms with Crippen LogP contribution in [0.5, 0.6) is 0 Å². The Morgan fingerprint density at radius 1 is 0.295 bits per heavy atom. The highest BCUT2D eigenvalue weighted by Crippen LogP contribution is 2.42. The van der Waals surface area contributed by atoms with Gasteiger partial charge in [0.05, 0.1) is 0 Å². The molecule has 7 aromatic rings. The monoisotopic (exact) mass is 563 g/mol. The maximum Gasteiger partial charge on any atom is 0.0487 e. The van der Waals surface area contributed by atoms with Crippen LogP contribution in [-0.4, -0.2) is 7.05 Å². The maximum absolute atomic E-state index is 2.35. The van der Waals surface area contributed by atoms with Crippen LogP contribution < -0.4 is 4.90 Å². The Hall–Kier alpha value is -5.66. The molecule has 0 radical (unpaired) electrons. The van der Waals surface area contributed by atoms with Crippen LogP contribution in [0.1, 0.15) is 0 Å². The average molecular weight is 564 g/mol. The van der Waals surface area contributed by atoms with Gasteiger partial charge in [-0.15, -0.1) is 0 Å². The van der Waals surface area contributed by atoms with E-state index in [-0.39, 0.29) is 0 Å². The zero-order valence-corrected chi connectivity index (χ0v) is 24.8. The van der Waals surface area contributed by atoms with Gasteiger partial charge in [0.25, 0.3) is 0 Å². The third-order valence-corrected chi connectivity index (χ3v) is 8.30. The van der Waals surface area contributed by atoms with Crippen LogP contribution in [0.3, 0.4) is 0 Å². The van der Waals surface area contributed by atoms with E-state index in [1.165, 1.54) is 55.6 Å². The van der Waals surface area contributed by atoms with E-state index in [9.17, 15) is 0 Å². The zero-order valence-electron chi connectivity index (χ0n) is 24.8. The molecule has 7 rings (SSSR count). The zero-order chi connectivity index (χ0) is 29.7. The molecule has 0 atom stereocenters. The molecule has 1 heteroatoms. The van der Waals surface area contributed by atoms with E-state index < -0.39 is 0 Å². The van der Waals surface area contributed by atoms with Crippen LogP contribution in [0.2, 0.25) is 0 Å². The van der Waals surface area contributed by atoms with Crippen molar-refractivity contribution in [3.8, 4) is 55.6 Å². The van der Waals surface area contributed by atoms with Crippen LogP contribution in [0.4, 0.5) is 11.4 Å². The summed E-state index contributed by atoms with van der Waals surface area (Å²) in [6, 6.07) is 65.1. The quantitative estimate of drug-likeness (QED) is 0.186. The van der Waals surface area contributed by atoms with Crippen LogP contribution in [-0.2, 0) is 0 Å². The second kappa shape index (κ2) is 12.3. The van der Waals surface area contributed by atoms with Crippen molar-refractivity contribution in [3.63, 3.8) is 0 Å². The third kappa shape index (κ3) is 5.44. The second-order valence-electron chi connectivity index (χ2n) is 11.0. The molecular weight excluding hydrogens is 530 g/mol. The topological polar surface area (TPSA) is 3.24 Å². The predicted molar refractivity (Wildman–Crippen MR) is 188 cm³/mol. The molecule has 1 nitrogen and oxygen atoms in total.